The Kier molecular flexibility index (Phi) is 3.05. The van der Waals surface area contributed by atoms with Crippen molar-refractivity contribution >= 4 is 0 Å². The van der Waals surface area contributed by atoms with Crippen molar-refractivity contribution in [3.63, 3.8) is 0 Å². The zero-order chi connectivity index (χ0) is 11.5. The van der Waals surface area contributed by atoms with Gasteiger partial charge in [-0.25, -0.2) is 0 Å². The summed E-state index contributed by atoms with van der Waals surface area (Å²) in [5, 5.41) is 11.4. The van der Waals surface area contributed by atoms with Crippen LogP contribution in [0.15, 0.2) is 12.4 Å². The van der Waals surface area contributed by atoms with Crippen molar-refractivity contribution in [2.45, 2.75) is 19.8 Å². The largest absolute Gasteiger partial charge is 0.330 e. The molecule has 0 spiro atoms. The van der Waals surface area contributed by atoms with Crippen LogP contribution in [0.2, 0.25) is 0 Å². The van der Waals surface area contributed by atoms with Gasteiger partial charge < -0.3 is 5.73 Å². The van der Waals surface area contributed by atoms with E-state index in [4.69, 9.17) is 5.73 Å². The van der Waals surface area contributed by atoms with Gasteiger partial charge in [-0.15, -0.1) is 0 Å². The molecule has 0 saturated carbocycles. The molecule has 2 aromatic rings. The number of aromatic nitrogens is 4. The molecular weight excluding hydrogens is 202 g/mol. The molecule has 0 aromatic carbocycles. The second-order valence-corrected chi connectivity index (χ2v) is 4.00. The second kappa shape index (κ2) is 4.49. The molecule has 5 nitrogen and oxygen atoms in total. The summed E-state index contributed by atoms with van der Waals surface area (Å²) in [5.74, 6) is 0. The van der Waals surface area contributed by atoms with Gasteiger partial charge in [0.15, 0.2) is 0 Å². The number of hydrogen-bond acceptors (Lipinski definition) is 3. The SMILES string of the molecule is Cc1nn(C)cc1Cc1cn[nH]c1CCN. The van der Waals surface area contributed by atoms with Crippen molar-refractivity contribution in [1.82, 2.24) is 20.0 Å². The zero-order valence-corrected chi connectivity index (χ0v) is 9.70. The van der Waals surface area contributed by atoms with Gasteiger partial charge in [-0.1, -0.05) is 0 Å². The van der Waals surface area contributed by atoms with E-state index in [2.05, 4.69) is 21.5 Å². The average Bonchev–Trinajstić information content (AvgIpc) is 2.77. The molecule has 0 amide bonds. The van der Waals surface area contributed by atoms with E-state index < -0.39 is 0 Å². The van der Waals surface area contributed by atoms with E-state index in [1.165, 1.54) is 11.1 Å². The minimum Gasteiger partial charge on any atom is -0.330 e. The molecule has 0 fully saturated rings. The number of H-pyrrole nitrogens is 1. The molecule has 0 saturated heterocycles. The highest BCUT2D eigenvalue weighted by Gasteiger charge is 2.09. The van der Waals surface area contributed by atoms with Crippen molar-refractivity contribution in [1.29, 1.82) is 0 Å². The fourth-order valence-corrected chi connectivity index (χ4v) is 1.88. The van der Waals surface area contributed by atoms with E-state index in [1.54, 1.807) is 0 Å². The third kappa shape index (κ3) is 2.14. The molecule has 16 heavy (non-hydrogen) atoms. The van der Waals surface area contributed by atoms with E-state index >= 15 is 0 Å². The van der Waals surface area contributed by atoms with Crippen LogP contribution in [0.5, 0.6) is 0 Å². The second-order valence-electron chi connectivity index (χ2n) is 4.00. The number of aryl methyl sites for hydroxylation is 2. The summed E-state index contributed by atoms with van der Waals surface area (Å²) in [7, 11) is 1.94. The van der Waals surface area contributed by atoms with Crippen LogP contribution in [0.25, 0.3) is 0 Å². The van der Waals surface area contributed by atoms with Gasteiger partial charge in [-0.3, -0.25) is 9.78 Å². The number of nitrogens with two attached hydrogens (primary N) is 1. The van der Waals surface area contributed by atoms with Crippen molar-refractivity contribution < 1.29 is 0 Å². The summed E-state index contributed by atoms with van der Waals surface area (Å²) >= 11 is 0. The molecule has 5 heteroatoms. The molecular formula is C11H17N5. The molecule has 2 heterocycles. The van der Waals surface area contributed by atoms with Gasteiger partial charge in [-0.05, 0) is 24.6 Å². The highest BCUT2D eigenvalue weighted by atomic mass is 15.2. The van der Waals surface area contributed by atoms with Crippen molar-refractivity contribution in [2.24, 2.45) is 12.8 Å². The maximum absolute atomic E-state index is 5.55. The minimum atomic E-state index is 0.640. The molecule has 0 atom stereocenters. The first-order valence-corrected chi connectivity index (χ1v) is 5.41. The quantitative estimate of drug-likeness (QED) is 0.788. The molecule has 0 bridgehead atoms. The maximum atomic E-state index is 5.55. The highest BCUT2D eigenvalue weighted by Crippen LogP contribution is 2.14. The van der Waals surface area contributed by atoms with Crippen LogP contribution in [-0.4, -0.2) is 26.5 Å². The molecule has 0 aliphatic heterocycles. The Balaban J connectivity index is 2.20. The van der Waals surface area contributed by atoms with Crippen LogP contribution < -0.4 is 5.73 Å². The van der Waals surface area contributed by atoms with Crippen LogP contribution in [0.1, 0.15) is 22.5 Å². The van der Waals surface area contributed by atoms with Gasteiger partial charge in [0.2, 0.25) is 0 Å². The Bertz CT molecular complexity index is 468. The van der Waals surface area contributed by atoms with Gasteiger partial charge >= 0.3 is 0 Å². The summed E-state index contributed by atoms with van der Waals surface area (Å²) in [4.78, 5) is 0. The first kappa shape index (κ1) is 10.9. The van der Waals surface area contributed by atoms with E-state index in [0.717, 1.165) is 24.2 Å². The summed E-state index contributed by atoms with van der Waals surface area (Å²) in [5.41, 5.74) is 10.2. The Morgan fingerprint density at radius 3 is 2.88 bits per heavy atom. The van der Waals surface area contributed by atoms with Crippen molar-refractivity contribution in [3.8, 4) is 0 Å². The monoisotopic (exact) mass is 219 g/mol. The first-order valence-electron chi connectivity index (χ1n) is 5.41. The van der Waals surface area contributed by atoms with E-state index in [0.29, 0.717) is 6.54 Å². The van der Waals surface area contributed by atoms with Gasteiger partial charge in [0.05, 0.1) is 11.9 Å². The first-order chi connectivity index (χ1) is 7.70. The summed E-state index contributed by atoms with van der Waals surface area (Å²) < 4.78 is 1.84. The molecule has 2 rings (SSSR count). The fraction of sp³-hybridized carbons (Fsp3) is 0.455. The highest BCUT2D eigenvalue weighted by molar-refractivity contribution is 5.28. The Hall–Kier alpha value is -1.62. The van der Waals surface area contributed by atoms with Gasteiger partial charge in [-0.2, -0.15) is 10.2 Å². The lowest BCUT2D eigenvalue weighted by atomic mass is 10.1. The third-order valence-electron chi connectivity index (χ3n) is 2.70. The van der Waals surface area contributed by atoms with Gasteiger partial charge in [0, 0.05) is 31.8 Å². The van der Waals surface area contributed by atoms with E-state index in [1.807, 2.05) is 24.9 Å². The van der Waals surface area contributed by atoms with Crippen LogP contribution >= 0.6 is 0 Å². The number of rotatable bonds is 4. The van der Waals surface area contributed by atoms with Crippen LogP contribution in [-0.2, 0) is 19.9 Å². The predicted octanol–water partition coefficient (Wildman–Crippen LogP) is 0.544. The molecule has 2 aromatic heterocycles. The lowest BCUT2D eigenvalue weighted by Gasteiger charge is -2.00. The molecule has 86 valence electrons. The summed E-state index contributed by atoms with van der Waals surface area (Å²) in [6, 6.07) is 0. The Morgan fingerprint density at radius 2 is 2.25 bits per heavy atom. The van der Waals surface area contributed by atoms with Crippen molar-refractivity contribution in [3.05, 3.63) is 34.9 Å². The lowest BCUT2D eigenvalue weighted by molar-refractivity contribution is 0.756. The topological polar surface area (TPSA) is 72.5 Å². The number of nitrogens with one attached hydrogen (secondary N) is 1. The molecule has 0 radical (unpaired) electrons. The minimum absolute atomic E-state index is 0.640. The van der Waals surface area contributed by atoms with Crippen LogP contribution in [0.3, 0.4) is 0 Å². The molecule has 0 unspecified atom stereocenters. The maximum Gasteiger partial charge on any atom is 0.0628 e. The summed E-state index contributed by atoms with van der Waals surface area (Å²) in [6.45, 7) is 2.67. The number of hydrogen-bond donors (Lipinski definition) is 2. The third-order valence-corrected chi connectivity index (χ3v) is 2.70. The molecule has 0 aliphatic carbocycles. The van der Waals surface area contributed by atoms with Gasteiger partial charge in [0.1, 0.15) is 0 Å². The fourth-order valence-electron chi connectivity index (χ4n) is 1.88. The lowest BCUT2D eigenvalue weighted by Crippen LogP contribution is -2.05. The molecule has 3 N–H and O–H groups in total. The molecule has 0 aliphatic rings. The normalized spacial score (nSPS) is 10.9. The van der Waals surface area contributed by atoms with Crippen LogP contribution in [0.4, 0.5) is 0 Å². The number of nitrogens with zero attached hydrogens (tertiary/aromatic N) is 3. The predicted molar refractivity (Wildman–Crippen MR) is 62.1 cm³/mol. The Morgan fingerprint density at radius 1 is 1.44 bits per heavy atom. The zero-order valence-electron chi connectivity index (χ0n) is 9.70. The van der Waals surface area contributed by atoms with Crippen molar-refractivity contribution in [2.75, 3.05) is 6.54 Å². The number of aromatic amines is 1. The van der Waals surface area contributed by atoms with E-state index in [9.17, 15) is 0 Å². The smallest absolute Gasteiger partial charge is 0.0628 e. The van der Waals surface area contributed by atoms with Gasteiger partial charge in [0.25, 0.3) is 0 Å². The van der Waals surface area contributed by atoms with Crippen LogP contribution in [0, 0.1) is 6.92 Å². The standard InChI is InChI=1S/C11H17N5/c1-8-10(7-16(2)15-8)5-9-6-13-14-11(9)3-4-12/h6-7H,3-5,12H2,1-2H3,(H,13,14). The average molecular weight is 219 g/mol. The van der Waals surface area contributed by atoms with E-state index in [-0.39, 0.29) is 0 Å². The Labute approximate surface area is 94.7 Å². The summed E-state index contributed by atoms with van der Waals surface area (Å²) in [6.07, 6.45) is 5.63.